The van der Waals surface area contributed by atoms with Crippen LogP contribution in [0.15, 0.2) is 23.5 Å². The lowest BCUT2D eigenvalue weighted by atomic mass is 10.2. The van der Waals surface area contributed by atoms with Crippen molar-refractivity contribution in [1.29, 1.82) is 0 Å². The monoisotopic (exact) mass is 207 g/mol. The number of rotatable bonds is 0. The molecule has 66 valence electrons. The summed E-state index contributed by atoms with van der Waals surface area (Å²) in [5, 5.41) is 9.16. The molecule has 0 aromatic heterocycles. The average Bonchev–Trinajstić information content (AvgIpc) is 2.02. The number of benzene rings is 1. The van der Waals surface area contributed by atoms with Crippen molar-refractivity contribution in [1.82, 2.24) is 0 Å². The minimum absolute atomic E-state index is 0.622. The Morgan fingerprint density at radius 1 is 1.42 bits per heavy atom. The second-order valence-electron chi connectivity index (χ2n) is 1.95. The van der Waals surface area contributed by atoms with Gasteiger partial charge in [-0.05, 0) is 18.6 Å². The second-order valence-corrected chi connectivity index (χ2v) is 2.74. The van der Waals surface area contributed by atoms with Crippen molar-refractivity contribution in [3.63, 3.8) is 0 Å². The maximum atomic E-state index is 8.11. The summed E-state index contributed by atoms with van der Waals surface area (Å²) in [6.07, 6.45) is 0. The van der Waals surface area contributed by atoms with Gasteiger partial charge in [-0.3, -0.25) is 0 Å². The van der Waals surface area contributed by atoms with Crippen LogP contribution < -0.4 is 0 Å². The minimum Gasteiger partial charge on any atom is -0.379 e. The van der Waals surface area contributed by atoms with E-state index in [0.717, 1.165) is 5.56 Å². The van der Waals surface area contributed by atoms with Crippen LogP contribution in [0.25, 0.3) is 0 Å². The molecule has 0 aliphatic rings. The Bertz CT molecular complexity index is 245. The number of halogens is 2. The summed E-state index contributed by atoms with van der Waals surface area (Å²) in [6, 6.07) is 5.58. The summed E-state index contributed by atoms with van der Waals surface area (Å²) in [5.74, 6) is 0. The van der Waals surface area contributed by atoms with Gasteiger partial charge in [-0.2, -0.15) is 0 Å². The van der Waals surface area contributed by atoms with Crippen LogP contribution in [0.4, 0.5) is 0 Å². The molecule has 0 aliphatic heterocycles. The van der Waals surface area contributed by atoms with Gasteiger partial charge in [0.15, 0.2) is 5.34 Å². The molecular formula is C7H7Cl2NO2. The van der Waals surface area contributed by atoms with E-state index >= 15 is 0 Å². The molecule has 1 aromatic carbocycles. The van der Waals surface area contributed by atoms with Crippen molar-refractivity contribution < 1.29 is 5.21 Å². The second kappa shape index (κ2) is 5.80. The van der Waals surface area contributed by atoms with Crippen molar-refractivity contribution in [2.75, 3.05) is 0 Å². The van der Waals surface area contributed by atoms with Gasteiger partial charge in [0.2, 0.25) is 0 Å². The third kappa shape index (κ3) is 3.55. The molecule has 0 saturated carbocycles. The highest BCUT2D eigenvalue weighted by Crippen LogP contribution is 2.24. The Labute approximate surface area is 79.9 Å². The maximum absolute atomic E-state index is 8.11. The van der Waals surface area contributed by atoms with Gasteiger partial charge in [0.05, 0.1) is 10.0 Å². The molecule has 0 aliphatic carbocycles. The lowest BCUT2D eigenvalue weighted by Gasteiger charge is -1.96. The lowest BCUT2D eigenvalue weighted by molar-refractivity contribution is 0.312. The van der Waals surface area contributed by atoms with Crippen LogP contribution in [0.2, 0.25) is 10.0 Å². The van der Waals surface area contributed by atoms with Crippen LogP contribution in [0, 0.1) is 11.8 Å². The first-order valence-corrected chi connectivity index (χ1v) is 3.76. The molecule has 0 heterocycles. The van der Waals surface area contributed by atoms with Gasteiger partial charge in [0, 0.05) is 0 Å². The van der Waals surface area contributed by atoms with E-state index in [1.807, 2.05) is 19.1 Å². The van der Waals surface area contributed by atoms with Gasteiger partial charge in [0.25, 0.3) is 0 Å². The van der Waals surface area contributed by atoms with E-state index in [1.165, 1.54) is 5.34 Å². The van der Waals surface area contributed by atoms with E-state index in [0.29, 0.717) is 10.0 Å². The molecule has 0 atom stereocenters. The molecule has 3 nitrogen and oxygen atoms in total. The Kier molecular flexibility index (Phi) is 5.41. The van der Waals surface area contributed by atoms with Gasteiger partial charge in [-0.1, -0.05) is 35.3 Å². The first-order chi connectivity index (χ1) is 5.63. The topological polar surface area (TPSA) is 49.7 Å². The predicted molar refractivity (Wildman–Crippen MR) is 48.8 cm³/mol. The van der Waals surface area contributed by atoms with Crippen LogP contribution in [0.3, 0.4) is 0 Å². The Hall–Kier alpha value is -0.800. The van der Waals surface area contributed by atoms with Crippen LogP contribution in [0.1, 0.15) is 5.56 Å². The van der Waals surface area contributed by atoms with Crippen LogP contribution >= 0.6 is 23.2 Å². The van der Waals surface area contributed by atoms with Crippen LogP contribution in [-0.2, 0) is 0 Å². The van der Waals surface area contributed by atoms with Crippen molar-refractivity contribution in [2.45, 2.75) is 6.92 Å². The molecule has 0 saturated heterocycles. The van der Waals surface area contributed by atoms with Crippen LogP contribution in [-0.4, -0.2) is 5.21 Å². The van der Waals surface area contributed by atoms with E-state index in [1.54, 1.807) is 6.07 Å². The Balaban J connectivity index is 0.000000354. The SMILES string of the molecule is Cc1cccc(Cl)c1Cl.O=NO. The quantitative estimate of drug-likeness (QED) is 0.524. The van der Waals surface area contributed by atoms with Gasteiger partial charge < -0.3 is 5.21 Å². The molecule has 12 heavy (non-hydrogen) atoms. The molecule has 0 amide bonds. The molecule has 5 heteroatoms. The largest absolute Gasteiger partial charge is 0.379 e. The number of nitrogens with zero attached hydrogens (tertiary/aromatic N) is 1. The fourth-order valence-electron chi connectivity index (χ4n) is 0.612. The predicted octanol–water partition coefficient (Wildman–Crippen LogP) is 3.44. The molecular weight excluding hydrogens is 201 g/mol. The smallest absolute Gasteiger partial charge is 0.152 e. The van der Waals surface area contributed by atoms with Crippen molar-refractivity contribution in [2.24, 2.45) is 5.34 Å². The standard InChI is InChI=1S/C7H6Cl2.HNO2/c1-5-3-2-4-6(8)7(5)9;2-1-3/h2-4H,1H3;(H,2,3). The molecule has 0 radical (unpaired) electrons. The zero-order valence-corrected chi connectivity index (χ0v) is 7.80. The summed E-state index contributed by atoms with van der Waals surface area (Å²) in [6.45, 7) is 1.92. The van der Waals surface area contributed by atoms with Gasteiger partial charge in [-0.25, -0.2) is 0 Å². The van der Waals surface area contributed by atoms with E-state index in [2.05, 4.69) is 0 Å². The van der Waals surface area contributed by atoms with E-state index < -0.39 is 0 Å². The van der Waals surface area contributed by atoms with Crippen molar-refractivity contribution in [3.8, 4) is 0 Å². The van der Waals surface area contributed by atoms with Gasteiger partial charge in [0.1, 0.15) is 0 Å². The zero-order valence-electron chi connectivity index (χ0n) is 6.29. The molecule has 0 spiro atoms. The average molecular weight is 208 g/mol. The fourth-order valence-corrected chi connectivity index (χ4v) is 0.959. The highest BCUT2D eigenvalue weighted by molar-refractivity contribution is 6.42. The highest BCUT2D eigenvalue weighted by atomic mass is 35.5. The normalized spacial score (nSPS) is 8.25. The summed E-state index contributed by atoms with van der Waals surface area (Å²) >= 11 is 11.4. The first-order valence-electron chi connectivity index (χ1n) is 3.00. The number of hydrogen-bond donors (Lipinski definition) is 1. The van der Waals surface area contributed by atoms with Gasteiger partial charge >= 0.3 is 0 Å². The third-order valence-electron chi connectivity index (χ3n) is 1.14. The minimum atomic E-state index is 0.622. The van der Waals surface area contributed by atoms with E-state index in [9.17, 15) is 0 Å². The molecule has 0 unspecified atom stereocenters. The summed E-state index contributed by atoms with van der Waals surface area (Å²) in [5.41, 5.74) is 1.02. The summed E-state index contributed by atoms with van der Waals surface area (Å²) in [4.78, 5) is 8.11. The molecule has 0 fully saturated rings. The van der Waals surface area contributed by atoms with E-state index in [-0.39, 0.29) is 0 Å². The summed E-state index contributed by atoms with van der Waals surface area (Å²) < 4.78 is 0. The summed E-state index contributed by atoms with van der Waals surface area (Å²) in [7, 11) is 0. The maximum Gasteiger partial charge on any atom is 0.152 e. The zero-order chi connectivity index (χ0) is 9.56. The fraction of sp³-hybridized carbons (Fsp3) is 0.143. The van der Waals surface area contributed by atoms with Gasteiger partial charge in [-0.15, -0.1) is 4.91 Å². The Morgan fingerprint density at radius 2 is 1.92 bits per heavy atom. The van der Waals surface area contributed by atoms with Crippen molar-refractivity contribution >= 4 is 23.2 Å². The molecule has 1 rings (SSSR count). The van der Waals surface area contributed by atoms with Crippen LogP contribution in [0.5, 0.6) is 0 Å². The first kappa shape index (κ1) is 11.2. The number of aryl methyl sites for hydroxylation is 1. The Morgan fingerprint density at radius 3 is 2.25 bits per heavy atom. The highest BCUT2D eigenvalue weighted by Gasteiger charge is 1.96. The molecule has 1 N–H and O–H groups in total. The third-order valence-corrected chi connectivity index (χ3v) is 2.06. The molecule has 1 aromatic rings. The molecule has 0 bridgehead atoms. The number of hydrogen-bond acceptors (Lipinski definition) is 2. The van der Waals surface area contributed by atoms with E-state index in [4.69, 9.17) is 33.3 Å². The lowest BCUT2D eigenvalue weighted by Crippen LogP contribution is -1.73. The van der Waals surface area contributed by atoms with Crippen molar-refractivity contribution in [3.05, 3.63) is 38.7 Å².